The highest BCUT2D eigenvalue weighted by Crippen LogP contribution is 2.39. The Kier molecular flexibility index (Phi) is 5.08. The minimum Gasteiger partial charge on any atom is -0.308 e. The number of alkyl halides is 3. The van der Waals surface area contributed by atoms with Crippen molar-refractivity contribution in [2.75, 3.05) is 17.6 Å². The van der Waals surface area contributed by atoms with Crippen molar-refractivity contribution < 1.29 is 26.7 Å². The van der Waals surface area contributed by atoms with E-state index >= 15 is 0 Å². The van der Waals surface area contributed by atoms with E-state index in [1.165, 1.54) is 28.8 Å². The lowest BCUT2D eigenvalue weighted by atomic mass is 10.1. The van der Waals surface area contributed by atoms with Crippen molar-refractivity contribution in [1.82, 2.24) is 4.90 Å². The highest BCUT2D eigenvalue weighted by molar-refractivity contribution is 7.99. The molecule has 1 saturated heterocycles. The van der Waals surface area contributed by atoms with Crippen LogP contribution in [0.2, 0.25) is 0 Å². The molecule has 0 saturated carbocycles. The van der Waals surface area contributed by atoms with E-state index in [0.29, 0.717) is 23.9 Å². The van der Waals surface area contributed by atoms with Crippen molar-refractivity contribution in [3.05, 3.63) is 65.2 Å². The summed E-state index contributed by atoms with van der Waals surface area (Å²) in [4.78, 5) is 13.8. The molecule has 9 heteroatoms. The zero-order valence-electron chi connectivity index (χ0n) is 13.2. The van der Waals surface area contributed by atoms with E-state index in [2.05, 4.69) is 5.32 Å². The van der Waals surface area contributed by atoms with E-state index in [4.69, 9.17) is 0 Å². The Labute approximate surface area is 150 Å². The summed E-state index contributed by atoms with van der Waals surface area (Å²) in [6.07, 6.45) is -4.43. The number of nitrogens with zero attached hydrogens (tertiary/aromatic N) is 1. The Bertz CT molecular complexity index is 810. The summed E-state index contributed by atoms with van der Waals surface area (Å²) in [5.41, 5.74) is -0.400. The van der Waals surface area contributed by atoms with Gasteiger partial charge in [-0.3, -0.25) is 0 Å². The lowest BCUT2D eigenvalue weighted by Gasteiger charge is -2.24. The third-order valence-corrected chi connectivity index (χ3v) is 5.11. The van der Waals surface area contributed by atoms with Gasteiger partial charge in [-0.25, -0.2) is 13.6 Å². The van der Waals surface area contributed by atoms with Crippen molar-refractivity contribution in [3.63, 3.8) is 0 Å². The van der Waals surface area contributed by atoms with E-state index in [0.717, 1.165) is 24.3 Å². The minimum atomic E-state index is -4.43. The van der Waals surface area contributed by atoms with Crippen LogP contribution < -0.4 is 5.32 Å². The molecule has 0 unspecified atom stereocenters. The SMILES string of the molecule is O=C(Nc1ccc(F)cc1F)N1CCS[C@@H]1c1ccc(C(F)(F)F)cc1. The standard InChI is InChI=1S/C17H13F5N2OS/c18-12-5-6-14(13(19)9-12)23-16(25)24-7-8-26-15(24)10-1-3-11(4-2-10)17(20,21)22/h1-6,9,15H,7-8H2,(H,23,25)/t15-/m1/s1. The second kappa shape index (κ2) is 7.14. The van der Waals surface area contributed by atoms with E-state index in [1.54, 1.807) is 0 Å². The number of anilines is 1. The fourth-order valence-electron chi connectivity index (χ4n) is 2.57. The first-order chi connectivity index (χ1) is 12.3. The lowest BCUT2D eigenvalue weighted by molar-refractivity contribution is -0.137. The monoisotopic (exact) mass is 388 g/mol. The van der Waals surface area contributed by atoms with E-state index in [-0.39, 0.29) is 5.69 Å². The second-order valence-corrected chi connectivity index (χ2v) is 6.78. The molecule has 26 heavy (non-hydrogen) atoms. The Morgan fingerprint density at radius 3 is 2.42 bits per heavy atom. The van der Waals surface area contributed by atoms with Crippen molar-refractivity contribution >= 4 is 23.5 Å². The van der Waals surface area contributed by atoms with Crippen LogP contribution in [0.3, 0.4) is 0 Å². The van der Waals surface area contributed by atoms with Crippen molar-refractivity contribution in [1.29, 1.82) is 0 Å². The van der Waals surface area contributed by atoms with E-state index < -0.39 is 34.8 Å². The molecule has 2 amide bonds. The molecular weight excluding hydrogens is 375 g/mol. The van der Waals surface area contributed by atoms with Gasteiger partial charge in [-0.1, -0.05) is 12.1 Å². The number of amides is 2. The van der Waals surface area contributed by atoms with Crippen LogP contribution in [0.5, 0.6) is 0 Å². The molecular formula is C17H13F5N2OS. The van der Waals surface area contributed by atoms with Crippen LogP contribution in [0.1, 0.15) is 16.5 Å². The summed E-state index contributed by atoms with van der Waals surface area (Å²) < 4.78 is 64.6. The Morgan fingerprint density at radius 2 is 1.81 bits per heavy atom. The number of rotatable bonds is 2. The summed E-state index contributed by atoms with van der Waals surface area (Å²) >= 11 is 1.39. The minimum absolute atomic E-state index is 0.167. The predicted octanol–water partition coefficient (Wildman–Crippen LogP) is 5.26. The maximum absolute atomic E-state index is 13.7. The summed E-state index contributed by atoms with van der Waals surface area (Å²) in [6.45, 7) is 0.352. The van der Waals surface area contributed by atoms with Crippen molar-refractivity contribution in [3.8, 4) is 0 Å². The molecule has 0 aliphatic carbocycles. The fourth-order valence-corrected chi connectivity index (χ4v) is 3.82. The van der Waals surface area contributed by atoms with Gasteiger partial charge < -0.3 is 10.2 Å². The van der Waals surface area contributed by atoms with Crippen LogP contribution in [0.4, 0.5) is 32.4 Å². The first-order valence-corrected chi connectivity index (χ1v) is 8.62. The van der Waals surface area contributed by atoms with Gasteiger partial charge in [0.1, 0.15) is 17.0 Å². The number of thioether (sulfide) groups is 1. The quantitative estimate of drug-likeness (QED) is 0.712. The molecule has 1 N–H and O–H groups in total. The van der Waals surface area contributed by atoms with Crippen molar-refractivity contribution in [2.24, 2.45) is 0 Å². The number of hydrogen-bond donors (Lipinski definition) is 1. The number of carbonyl (C=O) groups is 1. The molecule has 1 aliphatic rings. The van der Waals surface area contributed by atoms with Gasteiger partial charge in [0.2, 0.25) is 0 Å². The van der Waals surface area contributed by atoms with Gasteiger partial charge in [0.05, 0.1) is 11.3 Å². The molecule has 3 nitrogen and oxygen atoms in total. The Hall–Kier alpha value is -2.29. The van der Waals surface area contributed by atoms with Crippen LogP contribution in [0.15, 0.2) is 42.5 Å². The molecule has 138 valence electrons. The average molecular weight is 388 g/mol. The molecule has 0 spiro atoms. The molecule has 2 aromatic rings. The van der Waals surface area contributed by atoms with Crippen LogP contribution in [0, 0.1) is 11.6 Å². The maximum Gasteiger partial charge on any atom is 0.416 e. The molecule has 0 bridgehead atoms. The molecule has 3 rings (SSSR count). The topological polar surface area (TPSA) is 32.3 Å². The molecule has 1 heterocycles. The van der Waals surface area contributed by atoms with Gasteiger partial charge in [-0.2, -0.15) is 13.2 Å². The molecule has 0 aromatic heterocycles. The normalized spacial score (nSPS) is 17.4. The number of urea groups is 1. The summed E-state index contributed by atoms with van der Waals surface area (Å²) in [6, 6.07) is 6.75. The Morgan fingerprint density at radius 1 is 1.12 bits per heavy atom. The molecule has 0 radical (unpaired) electrons. The average Bonchev–Trinajstić information content (AvgIpc) is 3.06. The smallest absolute Gasteiger partial charge is 0.308 e. The second-order valence-electron chi connectivity index (χ2n) is 5.59. The first-order valence-electron chi connectivity index (χ1n) is 7.57. The molecule has 1 aliphatic heterocycles. The number of nitrogens with one attached hydrogen (secondary N) is 1. The van der Waals surface area contributed by atoms with Crippen LogP contribution >= 0.6 is 11.8 Å². The van der Waals surface area contributed by atoms with Gasteiger partial charge in [-0.15, -0.1) is 11.8 Å². The third kappa shape index (κ3) is 3.92. The van der Waals surface area contributed by atoms with Gasteiger partial charge in [0.25, 0.3) is 0 Å². The summed E-state index contributed by atoms with van der Waals surface area (Å²) in [7, 11) is 0. The molecule has 2 aromatic carbocycles. The third-order valence-electron chi connectivity index (χ3n) is 3.85. The number of halogens is 5. The summed E-state index contributed by atoms with van der Waals surface area (Å²) in [5, 5.41) is 1.88. The Balaban J connectivity index is 1.76. The predicted molar refractivity (Wildman–Crippen MR) is 88.7 cm³/mol. The van der Waals surface area contributed by atoms with Gasteiger partial charge in [0.15, 0.2) is 0 Å². The van der Waals surface area contributed by atoms with Crippen LogP contribution in [-0.4, -0.2) is 23.2 Å². The number of benzene rings is 2. The maximum atomic E-state index is 13.7. The molecule has 1 atom stereocenters. The first kappa shape index (κ1) is 18.5. The number of carbonyl (C=O) groups excluding carboxylic acids is 1. The van der Waals surface area contributed by atoms with E-state index in [9.17, 15) is 26.7 Å². The highest BCUT2D eigenvalue weighted by Gasteiger charge is 2.33. The van der Waals surface area contributed by atoms with Gasteiger partial charge in [0, 0.05) is 18.4 Å². The van der Waals surface area contributed by atoms with Gasteiger partial charge in [-0.05, 0) is 29.8 Å². The largest absolute Gasteiger partial charge is 0.416 e. The lowest BCUT2D eigenvalue weighted by Crippen LogP contribution is -2.34. The van der Waals surface area contributed by atoms with Crippen molar-refractivity contribution in [2.45, 2.75) is 11.6 Å². The molecule has 1 fully saturated rings. The fraction of sp³-hybridized carbons (Fsp3) is 0.235. The highest BCUT2D eigenvalue weighted by atomic mass is 32.2. The van der Waals surface area contributed by atoms with Crippen LogP contribution in [0.25, 0.3) is 0 Å². The summed E-state index contributed by atoms with van der Waals surface area (Å²) in [5.74, 6) is -1.08. The zero-order chi connectivity index (χ0) is 18.9. The zero-order valence-corrected chi connectivity index (χ0v) is 14.0. The number of hydrogen-bond acceptors (Lipinski definition) is 2. The van der Waals surface area contributed by atoms with E-state index in [1.807, 2.05) is 0 Å². The van der Waals surface area contributed by atoms with Crippen LogP contribution in [-0.2, 0) is 6.18 Å². The van der Waals surface area contributed by atoms with Gasteiger partial charge >= 0.3 is 12.2 Å².